The zero-order valence-electron chi connectivity index (χ0n) is 8.24. The summed E-state index contributed by atoms with van der Waals surface area (Å²) in [6, 6.07) is 0. The minimum Gasteiger partial charge on any atom is -0.361 e. The molecule has 0 atom stereocenters. The molecule has 0 unspecified atom stereocenters. The van der Waals surface area contributed by atoms with Crippen LogP contribution in [0, 0.1) is 0 Å². The summed E-state index contributed by atoms with van der Waals surface area (Å²) in [7, 11) is 7.57. The average Bonchev–Trinajstić information content (AvgIpc) is 2.47. The summed E-state index contributed by atoms with van der Waals surface area (Å²) in [5, 5.41) is 0.853. The van der Waals surface area contributed by atoms with E-state index in [0.29, 0.717) is 4.88 Å². The molecule has 1 aromatic rings. The Kier molecular flexibility index (Phi) is 2.87. The molecular weight excluding hydrogens is 186 g/mol. The Hall–Kier alpha value is -1.10. The predicted molar refractivity (Wildman–Crippen MR) is 56.2 cm³/mol. The fourth-order valence-electron chi connectivity index (χ4n) is 0.901. The highest BCUT2D eigenvalue weighted by Crippen LogP contribution is 2.28. The highest BCUT2D eigenvalue weighted by Gasteiger charge is 2.12. The molecule has 13 heavy (non-hydrogen) atoms. The molecule has 0 aliphatic heterocycles. The minimum absolute atomic E-state index is 0.675. The number of carbonyl (C=O) groups excluding carboxylic acids is 1. The molecule has 0 aromatic carbocycles. The Morgan fingerprint density at radius 3 is 2.15 bits per heavy atom. The molecule has 0 bridgehead atoms. The molecule has 0 radical (unpaired) electrons. The third-order valence-corrected chi connectivity index (χ3v) is 2.67. The van der Waals surface area contributed by atoms with Crippen molar-refractivity contribution in [2.75, 3.05) is 38.0 Å². The summed E-state index contributed by atoms with van der Waals surface area (Å²) in [4.78, 5) is 19.4. The summed E-state index contributed by atoms with van der Waals surface area (Å²) in [6.07, 6.45) is 0.847. The molecule has 1 aromatic heterocycles. The molecule has 1 rings (SSSR count). The number of aldehydes is 1. The van der Waals surface area contributed by atoms with E-state index in [2.05, 4.69) is 4.98 Å². The molecule has 0 N–H and O–H groups in total. The number of hydrogen-bond donors (Lipinski definition) is 0. The molecule has 0 aliphatic carbocycles. The number of carbonyl (C=O) groups is 1. The molecule has 4 nitrogen and oxygen atoms in total. The largest absolute Gasteiger partial charge is 0.361 e. The molecule has 0 amide bonds. The summed E-state index contributed by atoms with van der Waals surface area (Å²) in [5.74, 6) is 0.740. The van der Waals surface area contributed by atoms with Gasteiger partial charge in [-0.3, -0.25) is 4.79 Å². The first-order valence-corrected chi connectivity index (χ1v) is 4.68. The zero-order chi connectivity index (χ0) is 10.0. The van der Waals surface area contributed by atoms with Gasteiger partial charge in [-0.2, -0.15) is 0 Å². The highest BCUT2D eigenvalue weighted by molar-refractivity contribution is 7.17. The van der Waals surface area contributed by atoms with Gasteiger partial charge in [0.05, 0.1) is 0 Å². The lowest BCUT2D eigenvalue weighted by Gasteiger charge is -2.09. The second-order valence-electron chi connectivity index (χ2n) is 3.09. The van der Waals surface area contributed by atoms with Crippen LogP contribution < -0.4 is 9.80 Å². The van der Waals surface area contributed by atoms with E-state index in [1.807, 2.05) is 38.0 Å². The van der Waals surface area contributed by atoms with Crippen molar-refractivity contribution in [2.24, 2.45) is 0 Å². The first-order valence-electron chi connectivity index (χ1n) is 3.87. The van der Waals surface area contributed by atoms with Gasteiger partial charge in [-0.05, 0) is 0 Å². The summed E-state index contributed by atoms with van der Waals surface area (Å²) in [5.41, 5.74) is 0. The lowest BCUT2D eigenvalue weighted by Crippen LogP contribution is -2.12. The van der Waals surface area contributed by atoms with Gasteiger partial charge >= 0.3 is 0 Å². The van der Waals surface area contributed by atoms with E-state index >= 15 is 0 Å². The Bertz CT molecular complexity index is 306. The molecule has 72 valence electrons. The van der Waals surface area contributed by atoms with Gasteiger partial charge in [-0.15, -0.1) is 0 Å². The van der Waals surface area contributed by atoms with Gasteiger partial charge < -0.3 is 9.80 Å². The fourth-order valence-corrected chi connectivity index (χ4v) is 1.78. The van der Waals surface area contributed by atoms with Gasteiger partial charge in [0, 0.05) is 28.2 Å². The Morgan fingerprint density at radius 1 is 1.23 bits per heavy atom. The van der Waals surface area contributed by atoms with Crippen molar-refractivity contribution < 1.29 is 4.79 Å². The van der Waals surface area contributed by atoms with Crippen LogP contribution in [0.3, 0.4) is 0 Å². The average molecular weight is 199 g/mol. The van der Waals surface area contributed by atoms with Crippen molar-refractivity contribution in [3.8, 4) is 0 Å². The van der Waals surface area contributed by atoms with Crippen LogP contribution in [0.1, 0.15) is 9.67 Å². The highest BCUT2D eigenvalue weighted by atomic mass is 32.1. The van der Waals surface area contributed by atoms with Crippen LogP contribution in [0.2, 0.25) is 0 Å². The number of aromatic nitrogens is 1. The summed E-state index contributed by atoms with van der Waals surface area (Å²) >= 11 is 1.40. The standard InChI is InChI=1S/C8H13N3OS/c1-10(2)7-6(5-12)13-8(9-7)11(3)4/h5H,1-4H3. The molecule has 0 fully saturated rings. The molecule has 0 aliphatic rings. The third kappa shape index (κ3) is 1.98. The van der Waals surface area contributed by atoms with Gasteiger partial charge in [0.1, 0.15) is 4.88 Å². The quantitative estimate of drug-likeness (QED) is 0.683. The third-order valence-electron chi connectivity index (χ3n) is 1.54. The van der Waals surface area contributed by atoms with Crippen molar-refractivity contribution in [2.45, 2.75) is 0 Å². The van der Waals surface area contributed by atoms with Crippen molar-refractivity contribution in [3.05, 3.63) is 4.88 Å². The topological polar surface area (TPSA) is 36.4 Å². The van der Waals surface area contributed by atoms with E-state index in [0.717, 1.165) is 17.2 Å². The first kappa shape index (κ1) is 9.98. The Balaban J connectivity index is 3.11. The number of rotatable bonds is 3. The van der Waals surface area contributed by atoms with E-state index in [1.54, 1.807) is 0 Å². The van der Waals surface area contributed by atoms with Crippen molar-refractivity contribution in [1.82, 2.24) is 4.98 Å². The molecule has 5 heteroatoms. The van der Waals surface area contributed by atoms with Crippen LogP contribution in [0.5, 0.6) is 0 Å². The van der Waals surface area contributed by atoms with Crippen LogP contribution in [-0.4, -0.2) is 39.5 Å². The summed E-state index contributed by atoms with van der Waals surface area (Å²) < 4.78 is 0. The lowest BCUT2D eigenvalue weighted by molar-refractivity contribution is 0.112. The van der Waals surface area contributed by atoms with E-state index in [1.165, 1.54) is 11.3 Å². The van der Waals surface area contributed by atoms with Crippen molar-refractivity contribution >= 4 is 28.6 Å². The van der Waals surface area contributed by atoms with Crippen LogP contribution >= 0.6 is 11.3 Å². The van der Waals surface area contributed by atoms with E-state index in [4.69, 9.17) is 0 Å². The lowest BCUT2D eigenvalue weighted by atomic mass is 10.5. The maximum atomic E-state index is 10.7. The smallest absolute Gasteiger partial charge is 0.187 e. The maximum absolute atomic E-state index is 10.7. The number of hydrogen-bond acceptors (Lipinski definition) is 5. The molecule has 0 saturated carbocycles. The van der Waals surface area contributed by atoms with Crippen molar-refractivity contribution in [3.63, 3.8) is 0 Å². The van der Waals surface area contributed by atoms with Gasteiger partial charge in [0.15, 0.2) is 17.2 Å². The van der Waals surface area contributed by atoms with Crippen LogP contribution in [-0.2, 0) is 0 Å². The minimum atomic E-state index is 0.675. The normalized spacial score (nSPS) is 9.85. The Morgan fingerprint density at radius 2 is 1.85 bits per heavy atom. The predicted octanol–water partition coefficient (Wildman–Crippen LogP) is 1.09. The van der Waals surface area contributed by atoms with Gasteiger partial charge in [-0.25, -0.2) is 4.98 Å². The summed E-state index contributed by atoms with van der Waals surface area (Å²) in [6.45, 7) is 0. The zero-order valence-corrected chi connectivity index (χ0v) is 9.05. The monoisotopic (exact) mass is 199 g/mol. The first-order chi connectivity index (χ1) is 6.06. The van der Waals surface area contributed by atoms with Gasteiger partial charge in [0.25, 0.3) is 0 Å². The maximum Gasteiger partial charge on any atom is 0.187 e. The van der Waals surface area contributed by atoms with Crippen molar-refractivity contribution in [1.29, 1.82) is 0 Å². The van der Waals surface area contributed by atoms with E-state index in [-0.39, 0.29) is 0 Å². The molecular formula is C8H13N3OS. The Labute approximate surface area is 81.8 Å². The van der Waals surface area contributed by atoms with Crippen LogP contribution in [0.4, 0.5) is 10.9 Å². The molecule has 0 spiro atoms. The molecule has 0 saturated heterocycles. The second kappa shape index (κ2) is 3.74. The van der Waals surface area contributed by atoms with Gasteiger partial charge in [-0.1, -0.05) is 11.3 Å². The number of anilines is 2. The molecule has 1 heterocycles. The second-order valence-corrected chi connectivity index (χ2v) is 4.10. The van der Waals surface area contributed by atoms with Gasteiger partial charge in [0.2, 0.25) is 0 Å². The van der Waals surface area contributed by atoms with Crippen LogP contribution in [0.25, 0.3) is 0 Å². The number of nitrogens with zero attached hydrogens (tertiary/aromatic N) is 3. The fraction of sp³-hybridized carbons (Fsp3) is 0.500. The SMILES string of the molecule is CN(C)c1nc(N(C)C)c(C=O)s1. The van der Waals surface area contributed by atoms with Crippen LogP contribution in [0.15, 0.2) is 0 Å². The number of thiazole rings is 1. The van der Waals surface area contributed by atoms with E-state index < -0.39 is 0 Å². The van der Waals surface area contributed by atoms with E-state index in [9.17, 15) is 4.79 Å².